The van der Waals surface area contributed by atoms with Gasteiger partial charge in [0.05, 0.1) is 18.0 Å². The van der Waals surface area contributed by atoms with E-state index in [1.165, 1.54) is 16.8 Å². The standard InChI is InChI=1S/C15H26N2O5S2/c1-23(2,19)16-14(18)13-6-4-8-17(13)24(20,21)11-15-7-3-5-12(9-15)10-22-15/h12-13H,3-11H2,1-2H3/t12?,13-,15?/m0/s1. The summed E-state index contributed by atoms with van der Waals surface area (Å²) >= 11 is 0. The first-order chi connectivity index (χ1) is 11.1. The van der Waals surface area contributed by atoms with Gasteiger partial charge in [0.25, 0.3) is 5.91 Å². The van der Waals surface area contributed by atoms with Crippen LogP contribution in [0.3, 0.4) is 0 Å². The third kappa shape index (κ3) is 3.84. The van der Waals surface area contributed by atoms with Gasteiger partial charge in [0.1, 0.15) is 6.04 Å². The molecule has 2 aliphatic heterocycles. The van der Waals surface area contributed by atoms with E-state index in [0.717, 1.165) is 25.7 Å². The number of carbonyl (C=O) groups excluding carboxylic acids is 1. The van der Waals surface area contributed by atoms with Gasteiger partial charge in [0.15, 0.2) is 0 Å². The van der Waals surface area contributed by atoms with Crippen molar-refractivity contribution in [3.05, 3.63) is 0 Å². The zero-order valence-corrected chi connectivity index (χ0v) is 15.9. The molecule has 3 aliphatic rings. The lowest BCUT2D eigenvalue weighted by molar-refractivity contribution is -0.120. The summed E-state index contributed by atoms with van der Waals surface area (Å²) < 4.78 is 48.5. The van der Waals surface area contributed by atoms with Crippen molar-refractivity contribution in [3.8, 4) is 0 Å². The molecule has 0 radical (unpaired) electrons. The molecule has 2 bridgehead atoms. The molecule has 0 aromatic carbocycles. The second kappa shape index (κ2) is 6.34. The zero-order chi connectivity index (χ0) is 17.6. The molecule has 0 spiro atoms. The highest BCUT2D eigenvalue weighted by Crippen LogP contribution is 2.43. The molecule has 1 saturated carbocycles. The van der Waals surface area contributed by atoms with Gasteiger partial charge in [0.2, 0.25) is 10.0 Å². The Labute approximate surface area is 144 Å². The smallest absolute Gasteiger partial charge is 0.272 e. The summed E-state index contributed by atoms with van der Waals surface area (Å²) in [5.41, 5.74) is -0.585. The molecule has 9 heteroatoms. The van der Waals surface area contributed by atoms with Gasteiger partial charge >= 0.3 is 0 Å². The first-order valence-electron chi connectivity index (χ1n) is 8.45. The van der Waals surface area contributed by atoms with Crippen molar-refractivity contribution in [2.75, 3.05) is 31.4 Å². The number of sulfonamides is 1. The highest BCUT2D eigenvalue weighted by atomic mass is 32.2. The molecule has 138 valence electrons. The van der Waals surface area contributed by atoms with Crippen LogP contribution in [-0.2, 0) is 29.3 Å². The Balaban J connectivity index is 1.79. The molecule has 0 N–H and O–H groups in total. The molecule has 7 nitrogen and oxygen atoms in total. The van der Waals surface area contributed by atoms with Crippen molar-refractivity contribution >= 4 is 25.7 Å². The predicted molar refractivity (Wildman–Crippen MR) is 91.6 cm³/mol. The van der Waals surface area contributed by atoms with E-state index in [1.807, 2.05) is 0 Å². The average molecular weight is 379 g/mol. The lowest BCUT2D eigenvalue weighted by Gasteiger charge is -2.33. The van der Waals surface area contributed by atoms with Gasteiger partial charge in [-0.05, 0) is 38.0 Å². The molecular formula is C15H26N2O5S2. The fourth-order valence-corrected chi connectivity index (χ4v) is 6.92. The maximum absolute atomic E-state index is 12.9. The number of rotatable bonds is 4. The number of nitrogens with zero attached hydrogens (tertiary/aromatic N) is 2. The molecule has 2 unspecified atom stereocenters. The number of amides is 1. The number of hydrogen-bond acceptors (Lipinski definition) is 5. The summed E-state index contributed by atoms with van der Waals surface area (Å²) in [6, 6.07) is -0.812. The Morgan fingerprint density at radius 2 is 2.00 bits per heavy atom. The van der Waals surface area contributed by atoms with Crippen molar-refractivity contribution in [3.63, 3.8) is 0 Å². The minimum absolute atomic E-state index is 0.0616. The van der Waals surface area contributed by atoms with Crippen LogP contribution in [-0.4, -0.2) is 65.9 Å². The number of carbonyl (C=O) groups is 1. The maximum atomic E-state index is 12.9. The van der Waals surface area contributed by atoms with Crippen molar-refractivity contribution < 1.29 is 22.2 Å². The van der Waals surface area contributed by atoms with E-state index in [-0.39, 0.29) is 5.75 Å². The van der Waals surface area contributed by atoms with Crippen LogP contribution in [0.1, 0.15) is 38.5 Å². The third-order valence-corrected chi connectivity index (χ3v) is 7.79. The van der Waals surface area contributed by atoms with E-state index in [9.17, 15) is 17.4 Å². The van der Waals surface area contributed by atoms with E-state index in [1.54, 1.807) is 0 Å². The predicted octanol–water partition coefficient (Wildman–Crippen LogP) is 0.994. The van der Waals surface area contributed by atoms with Gasteiger partial charge in [0, 0.05) is 28.8 Å². The number of ether oxygens (including phenoxy) is 1. The van der Waals surface area contributed by atoms with Gasteiger partial charge in [-0.2, -0.15) is 8.67 Å². The Kier molecular flexibility index (Phi) is 4.83. The molecule has 3 atom stereocenters. The zero-order valence-electron chi connectivity index (χ0n) is 14.3. The van der Waals surface area contributed by atoms with E-state index >= 15 is 0 Å². The molecule has 3 rings (SSSR count). The molecule has 1 aliphatic carbocycles. The largest absolute Gasteiger partial charge is 0.374 e. The van der Waals surface area contributed by atoms with Crippen LogP contribution >= 0.6 is 0 Å². The monoisotopic (exact) mass is 378 g/mol. The molecule has 0 aromatic rings. The van der Waals surface area contributed by atoms with Crippen molar-refractivity contribution in [1.82, 2.24) is 4.31 Å². The molecule has 2 saturated heterocycles. The maximum Gasteiger partial charge on any atom is 0.272 e. The third-order valence-electron chi connectivity index (χ3n) is 5.13. The summed E-state index contributed by atoms with van der Waals surface area (Å²) in [6.07, 6.45) is 7.47. The van der Waals surface area contributed by atoms with Crippen LogP contribution in [0.5, 0.6) is 0 Å². The fraction of sp³-hybridized carbons (Fsp3) is 0.933. The van der Waals surface area contributed by atoms with Gasteiger partial charge in [-0.15, -0.1) is 0 Å². The SMILES string of the molecule is CS(C)(=O)=NC(=O)[C@@H]1CCCN1S(=O)(=O)CC12CCCC(CO1)C2. The average Bonchev–Trinajstić information content (AvgIpc) is 3.02. The molecule has 24 heavy (non-hydrogen) atoms. The summed E-state index contributed by atoms with van der Waals surface area (Å²) in [5, 5.41) is 0. The van der Waals surface area contributed by atoms with Gasteiger partial charge in [-0.25, -0.2) is 12.6 Å². The Morgan fingerprint density at radius 3 is 2.71 bits per heavy atom. The summed E-state index contributed by atoms with van der Waals surface area (Å²) in [7, 11) is -6.21. The quantitative estimate of drug-likeness (QED) is 0.727. The summed E-state index contributed by atoms with van der Waals surface area (Å²) in [6.45, 7) is 0.962. The van der Waals surface area contributed by atoms with E-state index in [4.69, 9.17) is 4.74 Å². The Hall–Kier alpha value is -0.510. The molecule has 3 fully saturated rings. The normalized spacial score (nSPS) is 34.4. The van der Waals surface area contributed by atoms with Gasteiger partial charge in [-0.3, -0.25) is 4.79 Å². The molecule has 0 aromatic heterocycles. The lowest BCUT2D eigenvalue weighted by atomic mass is 9.82. The minimum Gasteiger partial charge on any atom is -0.374 e. The van der Waals surface area contributed by atoms with Crippen LogP contribution in [0.2, 0.25) is 0 Å². The molecule has 1 amide bonds. The van der Waals surface area contributed by atoms with Crippen LogP contribution in [0.25, 0.3) is 0 Å². The van der Waals surface area contributed by atoms with Crippen LogP contribution in [0.15, 0.2) is 4.36 Å². The van der Waals surface area contributed by atoms with E-state index in [0.29, 0.717) is 31.9 Å². The fourth-order valence-electron chi connectivity index (χ4n) is 4.20. The van der Waals surface area contributed by atoms with Crippen LogP contribution in [0.4, 0.5) is 0 Å². The van der Waals surface area contributed by atoms with Crippen LogP contribution in [0, 0.1) is 5.92 Å². The second-order valence-corrected chi connectivity index (χ2v) is 12.1. The Bertz CT molecular complexity index is 729. The summed E-state index contributed by atoms with van der Waals surface area (Å²) in [5.74, 6) is -0.185. The van der Waals surface area contributed by atoms with Crippen molar-refractivity contribution in [2.45, 2.75) is 50.2 Å². The number of fused-ring (bicyclic) bond motifs is 2. The first-order valence-corrected chi connectivity index (χ1v) is 12.4. The summed E-state index contributed by atoms with van der Waals surface area (Å²) in [4.78, 5) is 12.3. The molecule has 2 heterocycles. The van der Waals surface area contributed by atoms with Gasteiger partial charge < -0.3 is 4.74 Å². The Morgan fingerprint density at radius 1 is 1.25 bits per heavy atom. The molecular weight excluding hydrogens is 352 g/mol. The highest BCUT2D eigenvalue weighted by molar-refractivity contribution is 7.92. The van der Waals surface area contributed by atoms with Crippen molar-refractivity contribution in [1.29, 1.82) is 0 Å². The highest BCUT2D eigenvalue weighted by Gasteiger charge is 2.49. The second-order valence-electron chi connectivity index (χ2n) is 7.59. The minimum atomic E-state index is -3.62. The van der Waals surface area contributed by atoms with E-state index < -0.39 is 37.3 Å². The lowest BCUT2D eigenvalue weighted by Crippen LogP contribution is -2.47. The topological polar surface area (TPSA) is 93.1 Å². The van der Waals surface area contributed by atoms with Gasteiger partial charge in [-0.1, -0.05) is 6.42 Å². The van der Waals surface area contributed by atoms with E-state index in [2.05, 4.69) is 4.36 Å². The number of hydrogen-bond donors (Lipinski definition) is 0. The van der Waals surface area contributed by atoms with Crippen molar-refractivity contribution in [2.24, 2.45) is 10.3 Å². The first kappa shape index (κ1) is 18.3. The van der Waals surface area contributed by atoms with Crippen LogP contribution < -0.4 is 0 Å².